The minimum Gasteiger partial charge on any atom is -0.468 e. The van der Waals surface area contributed by atoms with Crippen LogP contribution in [0.4, 0.5) is 4.39 Å². The predicted molar refractivity (Wildman–Crippen MR) is 61.8 cm³/mol. The Hall–Kier alpha value is -1.65. The molecule has 0 radical (unpaired) electrons. The van der Waals surface area contributed by atoms with Gasteiger partial charge < -0.3 is 14.8 Å². The summed E-state index contributed by atoms with van der Waals surface area (Å²) >= 11 is 0. The molecule has 0 amide bonds. The van der Waals surface area contributed by atoms with E-state index in [1.165, 1.54) is 6.07 Å². The fraction of sp³-hybridized carbons (Fsp3) is 0.231. The number of aliphatic hydroxyl groups is 1. The minimum absolute atomic E-state index is 0.0953. The minimum atomic E-state index is -0.315. The Morgan fingerprint density at radius 2 is 2.06 bits per heavy atom. The van der Waals surface area contributed by atoms with E-state index in [4.69, 9.17) is 4.42 Å². The first-order valence-corrected chi connectivity index (χ1v) is 5.42. The van der Waals surface area contributed by atoms with Gasteiger partial charge in [-0.1, -0.05) is 18.2 Å². The van der Waals surface area contributed by atoms with E-state index in [1.807, 2.05) is 0 Å². The fourth-order valence-corrected chi connectivity index (χ4v) is 1.62. The normalized spacial score (nSPS) is 12.6. The number of benzene rings is 1. The molecule has 1 atom stereocenters. The van der Waals surface area contributed by atoms with E-state index in [1.54, 1.807) is 36.6 Å². The van der Waals surface area contributed by atoms with Crippen molar-refractivity contribution in [1.82, 2.24) is 5.32 Å². The lowest BCUT2D eigenvalue weighted by Crippen LogP contribution is -2.24. The Morgan fingerprint density at radius 3 is 2.71 bits per heavy atom. The van der Waals surface area contributed by atoms with Crippen LogP contribution in [0, 0.1) is 5.82 Å². The number of hydrogen-bond acceptors (Lipinski definition) is 3. The van der Waals surface area contributed by atoms with Crippen LogP contribution in [0.5, 0.6) is 0 Å². The van der Waals surface area contributed by atoms with Crippen LogP contribution in [0.15, 0.2) is 47.1 Å². The molecule has 90 valence electrons. The van der Waals surface area contributed by atoms with Crippen LogP contribution in [0.25, 0.3) is 0 Å². The molecule has 0 aliphatic heterocycles. The molecule has 1 aromatic heterocycles. The first kappa shape index (κ1) is 11.8. The van der Waals surface area contributed by atoms with E-state index in [-0.39, 0.29) is 18.5 Å². The molecule has 2 N–H and O–H groups in total. The molecule has 1 heterocycles. The molecular formula is C13H14FNO2. The first-order chi connectivity index (χ1) is 8.31. The van der Waals surface area contributed by atoms with Crippen molar-refractivity contribution in [3.8, 4) is 0 Å². The van der Waals surface area contributed by atoms with Crippen molar-refractivity contribution in [2.24, 2.45) is 0 Å². The molecule has 1 aromatic carbocycles. The number of aliphatic hydroxyl groups excluding tert-OH is 1. The largest absolute Gasteiger partial charge is 0.468 e. The summed E-state index contributed by atoms with van der Waals surface area (Å²) in [7, 11) is 0. The first-order valence-electron chi connectivity index (χ1n) is 5.42. The number of furan rings is 1. The molecule has 0 aliphatic rings. The highest BCUT2D eigenvalue weighted by Gasteiger charge is 2.13. The Bertz CT molecular complexity index is 456. The third-order valence-corrected chi connectivity index (χ3v) is 2.57. The highest BCUT2D eigenvalue weighted by Crippen LogP contribution is 2.14. The van der Waals surface area contributed by atoms with Crippen LogP contribution in [0.2, 0.25) is 0 Å². The monoisotopic (exact) mass is 235 g/mol. The summed E-state index contributed by atoms with van der Waals surface area (Å²) in [6.07, 6.45) is 1.54. The summed E-state index contributed by atoms with van der Waals surface area (Å²) in [5, 5.41) is 12.3. The van der Waals surface area contributed by atoms with Crippen LogP contribution in [-0.2, 0) is 6.54 Å². The standard InChI is InChI=1S/C13H14FNO2/c14-11-5-2-1-4-10(11)8-15-12(9-16)13-6-3-7-17-13/h1-7,12,15-16H,8-9H2. The molecule has 2 rings (SSSR count). The maximum absolute atomic E-state index is 13.4. The second kappa shape index (κ2) is 5.61. The number of rotatable bonds is 5. The van der Waals surface area contributed by atoms with Crippen molar-refractivity contribution < 1.29 is 13.9 Å². The smallest absolute Gasteiger partial charge is 0.127 e. The highest BCUT2D eigenvalue weighted by atomic mass is 19.1. The van der Waals surface area contributed by atoms with Crippen molar-refractivity contribution in [3.63, 3.8) is 0 Å². The van der Waals surface area contributed by atoms with Crippen LogP contribution >= 0.6 is 0 Å². The van der Waals surface area contributed by atoms with Crippen molar-refractivity contribution >= 4 is 0 Å². The SMILES string of the molecule is OCC(NCc1ccccc1F)c1ccco1. The third kappa shape index (κ3) is 2.93. The molecule has 0 saturated heterocycles. The summed E-state index contributed by atoms with van der Waals surface area (Å²) in [5.41, 5.74) is 0.567. The predicted octanol–water partition coefficient (Wildman–Crippen LogP) is 2.24. The second-order valence-electron chi connectivity index (χ2n) is 3.72. The van der Waals surface area contributed by atoms with Gasteiger partial charge in [0.2, 0.25) is 0 Å². The molecule has 17 heavy (non-hydrogen) atoms. The number of nitrogens with one attached hydrogen (secondary N) is 1. The summed E-state index contributed by atoms with van der Waals surface area (Å²) < 4.78 is 18.5. The Labute approximate surface area is 98.9 Å². The summed E-state index contributed by atoms with van der Waals surface area (Å²) in [6.45, 7) is 0.251. The van der Waals surface area contributed by atoms with Gasteiger partial charge in [-0.15, -0.1) is 0 Å². The molecule has 3 nitrogen and oxygen atoms in total. The van der Waals surface area contributed by atoms with Crippen LogP contribution in [-0.4, -0.2) is 11.7 Å². The fourth-order valence-electron chi connectivity index (χ4n) is 1.62. The quantitative estimate of drug-likeness (QED) is 0.835. The summed E-state index contributed by atoms with van der Waals surface area (Å²) in [4.78, 5) is 0. The van der Waals surface area contributed by atoms with Crippen LogP contribution in [0.1, 0.15) is 17.4 Å². The van der Waals surface area contributed by atoms with Gasteiger partial charge in [0, 0.05) is 12.1 Å². The van der Waals surface area contributed by atoms with Gasteiger partial charge in [0.05, 0.1) is 18.9 Å². The molecule has 4 heteroatoms. The molecular weight excluding hydrogens is 221 g/mol. The lowest BCUT2D eigenvalue weighted by Gasteiger charge is -2.14. The molecule has 0 bridgehead atoms. The van der Waals surface area contributed by atoms with Crippen molar-refractivity contribution in [2.45, 2.75) is 12.6 Å². The van der Waals surface area contributed by atoms with E-state index in [2.05, 4.69) is 5.32 Å². The van der Waals surface area contributed by atoms with Gasteiger partial charge >= 0.3 is 0 Å². The van der Waals surface area contributed by atoms with Gasteiger partial charge in [-0.05, 0) is 18.2 Å². The molecule has 0 saturated carbocycles. The van der Waals surface area contributed by atoms with E-state index in [9.17, 15) is 9.50 Å². The lowest BCUT2D eigenvalue weighted by molar-refractivity contribution is 0.225. The van der Waals surface area contributed by atoms with E-state index in [0.717, 1.165) is 0 Å². The molecule has 0 spiro atoms. The maximum Gasteiger partial charge on any atom is 0.127 e. The molecule has 0 fully saturated rings. The van der Waals surface area contributed by atoms with Crippen molar-refractivity contribution in [3.05, 3.63) is 59.8 Å². The van der Waals surface area contributed by atoms with Gasteiger partial charge in [-0.3, -0.25) is 0 Å². The zero-order valence-corrected chi connectivity index (χ0v) is 9.27. The van der Waals surface area contributed by atoms with Crippen LogP contribution < -0.4 is 5.32 Å². The Morgan fingerprint density at radius 1 is 1.24 bits per heavy atom. The average Bonchev–Trinajstić information content (AvgIpc) is 2.86. The number of halogens is 1. The zero-order valence-electron chi connectivity index (χ0n) is 9.27. The van der Waals surface area contributed by atoms with E-state index < -0.39 is 0 Å². The van der Waals surface area contributed by atoms with Crippen LogP contribution in [0.3, 0.4) is 0 Å². The topological polar surface area (TPSA) is 45.4 Å². The van der Waals surface area contributed by atoms with Crippen molar-refractivity contribution in [1.29, 1.82) is 0 Å². The second-order valence-corrected chi connectivity index (χ2v) is 3.72. The summed E-state index contributed by atoms with van der Waals surface area (Å²) in [6, 6.07) is 9.76. The zero-order chi connectivity index (χ0) is 12.1. The molecule has 1 unspecified atom stereocenters. The van der Waals surface area contributed by atoms with E-state index in [0.29, 0.717) is 17.9 Å². The lowest BCUT2D eigenvalue weighted by atomic mass is 10.2. The van der Waals surface area contributed by atoms with Gasteiger partial charge in [0.15, 0.2) is 0 Å². The summed E-state index contributed by atoms with van der Waals surface area (Å²) in [5.74, 6) is 0.389. The maximum atomic E-state index is 13.4. The average molecular weight is 235 g/mol. The van der Waals surface area contributed by atoms with Gasteiger partial charge in [0.1, 0.15) is 11.6 Å². The van der Waals surface area contributed by atoms with E-state index >= 15 is 0 Å². The Balaban J connectivity index is 2.00. The molecule has 2 aromatic rings. The third-order valence-electron chi connectivity index (χ3n) is 2.57. The number of hydrogen-bond donors (Lipinski definition) is 2. The van der Waals surface area contributed by atoms with Gasteiger partial charge in [-0.2, -0.15) is 0 Å². The Kier molecular flexibility index (Phi) is 3.90. The van der Waals surface area contributed by atoms with Crippen molar-refractivity contribution in [2.75, 3.05) is 6.61 Å². The van der Waals surface area contributed by atoms with Gasteiger partial charge in [-0.25, -0.2) is 4.39 Å². The van der Waals surface area contributed by atoms with Gasteiger partial charge in [0.25, 0.3) is 0 Å². The highest BCUT2D eigenvalue weighted by molar-refractivity contribution is 5.17. The molecule has 0 aliphatic carbocycles.